The Kier molecular flexibility index (Phi) is 4.94. The molecule has 0 aliphatic carbocycles. The van der Waals surface area contributed by atoms with Gasteiger partial charge in [-0.3, -0.25) is 0 Å². The molecule has 1 N–H and O–H groups in total. The molecule has 2 aromatic carbocycles. The van der Waals surface area contributed by atoms with Crippen molar-refractivity contribution in [1.29, 1.82) is 0 Å². The second-order valence-electron chi connectivity index (χ2n) is 6.59. The van der Waals surface area contributed by atoms with Crippen LogP contribution in [-0.4, -0.2) is 14.6 Å². The number of hydrogen-bond donors (Lipinski definition) is 1. The Bertz CT molecular complexity index is 1080. The third kappa shape index (κ3) is 3.60. The minimum Gasteiger partial charge on any atom is -0.366 e. The highest BCUT2D eigenvalue weighted by molar-refractivity contribution is 9.10. The molecule has 4 nitrogen and oxygen atoms in total. The zero-order valence-electron chi connectivity index (χ0n) is 15.4. The van der Waals surface area contributed by atoms with Gasteiger partial charge in [0, 0.05) is 18.2 Å². The topological polar surface area (TPSA) is 42.2 Å². The van der Waals surface area contributed by atoms with E-state index in [2.05, 4.69) is 82.7 Å². The number of nitrogens with zero attached hydrogens (tertiary/aromatic N) is 3. The lowest BCUT2D eigenvalue weighted by molar-refractivity contribution is 0.926. The lowest BCUT2D eigenvalue weighted by atomic mass is 10.1. The van der Waals surface area contributed by atoms with Crippen LogP contribution < -0.4 is 5.32 Å². The molecule has 0 atom stereocenters. The number of rotatable bonds is 5. The average molecular weight is 421 g/mol. The van der Waals surface area contributed by atoms with Gasteiger partial charge in [0.15, 0.2) is 5.65 Å². The molecule has 0 bridgehead atoms. The molecule has 27 heavy (non-hydrogen) atoms. The van der Waals surface area contributed by atoms with Crippen LogP contribution in [0.3, 0.4) is 0 Å². The first-order chi connectivity index (χ1) is 13.2. The quantitative estimate of drug-likeness (QED) is 0.453. The summed E-state index contributed by atoms with van der Waals surface area (Å²) in [5, 5.41) is 7.98. The number of aromatic nitrogens is 3. The first kappa shape index (κ1) is 17.7. The van der Waals surface area contributed by atoms with Crippen molar-refractivity contribution in [1.82, 2.24) is 14.6 Å². The maximum absolute atomic E-state index is 4.82. The summed E-state index contributed by atoms with van der Waals surface area (Å²) in [5.41, 5.74) is 6.66. The number of fused-ring (bicyclic) bond motifs is 1. The number of anilines is 1. The lowest BCUT2D eigenvalue weighted by Crippen LogP contribution is -2.07. The van der Waals surface area contributed by atoms with Gasteiger partial charge in [-0.1, -0.05) is 55.5 Å². The molecule has 5 heteroatoms. The van der Waals surface area contributed by atoms with E-state index in [0.717, 1.165) is 40.2 Å². The number of aryl methyl sites for hydroxylation is 2. The van der Waals surface area contributed by atoms with Gasteiger partial charge in [0.1, 0.15) is 5.82 Å². The average Bonchev–Trinajstić information content (AvgIpc) is 3.08. The molecule has 0 aliphatic rings. The summed E-state index contributed by atoms with van der Waals surface area (Å²) in [7, 11) is 0. The van der Waals surface area contributed by atoms with Crippen molar-refractivity contribution in [3.8, 4) is 11.3 Å². The zero-order valence-corrected chi connectivity index (χ0v) is 17.0. The zero-order chi connectivity index (χ0) is 18.8. The summed E-state index contributed by atoms with van der Waals surface area (Å²) >= 11 is 3.56. The fraction of sp³-hybridized carbons (Fsp3) is 0.182. The first-order valence-electron chi connectivity index (χ1n) is 9.07. The third-order valence-corrected chi connectivity index (χ3v) is 5.31. The van der Waals surface area contributed by atoms with Gasteiger partial charge < -0.3 is 5.32 Å². The van der Waals surface area contributed by atoms with Gasteiger partial charge in [0.25, 0.3) is 0 Å². The van der Waals surface area contributed by atoms with Gasteiger partial charge in [0.05, 0.1) is 16.4 Å². The standard InChI is InChI=1S/C22H21BrN4/c1-3-16-8-10-17(11-9-16)13-24-21-12-20(18-7-5-4-6-15(18)2)26-22-19(23)14-25-27(21)22/h4-12,14,24H,3,13H2,1-2H3. The molecule has 2 aromatic heterocycles. The van der Waals surface area contributed by atoms with Gasteiger partial charge in [-0.15, -0.1) is 0 Å². The van der Waals surface area contributed by atoms with Gasteiger partial charge in [-0.05, 0) is 46.0 Å². The van der Waals surface area contributed by atoms with Crippen LogP contribution in [0.15, 0.2) is 65.3 Å². The van der Waals surface area contributed by atoms with E-state index in [0.29, 0.717) is 0 Å². The fourth-order valence-corrected chi connectivity index (χ4v) is 3.49. The Balaban J connectivity index is 1.71. The summed E-state index contributed by atoms with van der Waals surface area (Å²) in [5.74, 6) is 0.920. The molecular formula is C22H21BrN4. The Morgan fingerprint density at radius 3 is 2.52 bits per heavy atom. The smallest absolute Gasteiger partial charge is 0.172 e. The molecule has 0 amide bonds. The van der Waals surface area contributed by atoms with Gasteiger partial charge >= 0.3 is 0 Å². The summed E-state index contributed by atoms with van der Waals surface area (Å²) < 4.78 is 2.72. The Hall–Kier alpha value is -2.66. The molecule has 0 aliphatic heterocycles. The highest BCUT2D eigenvalue weighted by Crippen LogP contribution is 2.28. The van der Waals surface area contributed by atoms with Crippen LogP contribution in [0, 0.1) is 6.92 Å². The molecule has 4 aromatic rings. The van der Waals surface area contributed by atoms with Crippen LogP contribution in [0.25, 0.3) is 16.9 Å². The van der Waals surface area contributed by atoms with Gasteiger partial charge in [-0.2, -0.15) is 9.61 Å². The normalized spacial score (nSPS) is 11.1. The van der Waals surface area contributed by atoms with Crippen molar-refractivity contribution >= 4 is 27.4 Å². The second kappa shape index (κ2) is 7.53. The van der Waals surface area contributed by atoms with Crippen molar-refractivity contribution < 1.29 is 0 Å². The van der Waals surface area contributed by atoms with Crippen LogP contribution in [0.5, 0.6) is 0 Å². The van der Waals surface area contributed by atoms with E-state index in [9.17, 15) is 0 Å². The molecule has 136 valence electrons. The predicted molar refractivity (Wildman–Crippen MR) is 114 cm³/mol. The van der Waals surface area contributed by atoms with Gasteiger partial charge in [0.2, 0.25) is 0 Å². The van der Waals surface area contributed by atoms with E-state index in [1.165, 1.54) is 16.7 Å². The van der Waals surface area contributed by atoms with E-state index in [1.54, 1.807) is 6.20 Å². The van der Waals surface area contributed by atoms with Crippen LogP contribution in [0.4, 0.5) is 5.82 Å². The molecule has 0 unspecified atom stereocenters. The van der Waals surface area contributed by atoms with Crippen molar-refractivity contribution in [3.63, 3.8) is 0 Å². The van der Waals surface area contributed by atoms with Crippen LogP contribution in [0.2, 0.25) is 0 Å². The molecule has 0 saturated carbocycles. The minimum atomic E-state index is 0.730. The number of nitrogens with one attached hydrogen (secondary N) is 1. The maximum Gasteiger partial charge on any atom is 0.172 e. The predicted octanol–water partition coefficient (Wildman–Crippen LogP) is 5.64. The van der Waals surface area contributed by atoms with Crippen molar-refractivity contribution in [3.05, 3.63) is 82.0 Å². The van der Waals surface area contributed by atoms with E-state index >= 15 is 0 Å². The van der Waals surface area contributed by atoms with E-state index in [4.69, 9.17) is 4.98 Å². The molecule has 0 saturated heterocycles. The SMILES string of the molecule is CCc1ccc(CNc2cc(-c3ccccc3C)nc3c(Br)cnn23)cc1. The van der Waals surface area contributed by atoms with Crippen molar-refractivity contribution in [2.45, 2.75) is 26.8 Å². The molecular weight excluding hydrogens is 400 g/mol. The molecule has 0 spiro atoms. The van der Waals surface area contributed by atoms with Crippen LogP contribution in [0.1, 0.15) is 23.6 Å². The van der Waals surface area contributed by atoms with E-state index in [-0.39, 0.29) is 0 Å². The number of hydrogen-bond acceptors (Lipinski definition) is 3. The molecule has 0 fully saturated rings. The lowest BCUT2D eigenvalue weighted by Gasteiger charge is -2.12. The number of halogens is 1. The van der Waals surface area contributed by atoms with E-state index in [1.807, 2.05) is 16.6 Å². The van der Waals surface area contributed by atoms with Crippen molar-refractivity contribution in [2.75, 3.05) is 5.32 Å². The molecule has 4 rings (SSSR count). The Morgan fingerprint density at radius 2 is 1.78 bits per heavy atom. The number of benzene rings is 2. The van der Waals surface area contributed by atoms with E-state index < -0.39 is 0 Å². The maximum atomic E-state index is 4.82. The molecule has 2 heterocycles. The highest BCUT2D eigenvalue weighted by atomic mass is 79.9. The third-order valence-electron chi connectivity index (χ3n) is 4.75. The summed E-state index contributed by atoms with van der Waals surface area (Å²) in [4.78, 5) is 4.82. The summed E-state index contributed by atoms with van der Waals surface area (Å²) in [6.07, 6.45) is 2.84. The highest BCUT2D eigenvalue weighted by Gasteiger charge is 2.12. The largest absolute Gasteiger partial charge is 0.366 e. The van der Waals surface area contributed by atoms with Crippen LogP contribution >= 0.6 is 15.9 Å². The molecule has 0 radical (unpaired) electrons. The monoisotopic (exact) mass is 420 g/mol. The van der Waals surface area contributed by atoms with Crippen LogP contribution in [-0.2, 0) is 13.0 Å². The van der Waals surface area contributed by atoms with Gasteiger partial charge in [-0.25, -0.2) is 4.98 Å². The Morgan fingerprint density at radius 1 is 1.04 bits per heavy atom. The second-order valence-corrected chi connectivity index (χ2v) is 7.45. The summed E-state index contributed by atoms with van der Waals surface area (Å²) in [6.45, 7) is 5.01. The minimum absolute atomic E-state index is 0.730. The Labute approximate surface area is 167 Å². The first-order valence-corrected chi connectivity index (χ1v) is 9.87. The summed E-state index contributed by atoms with van der Waals surface area (Å²) in [6, 6.07) is 19.1. The van der Waals surface area contributed by atoms with Crippen molar-refractivity contribution in [2.24, 2.45) is 0 Å². The fourth-order valence-electron chi connectivity index (χ4n) is 3.15.